The Hall–Kier alpha value is -0.640. The van der Waals surface area contributed by atoms with Gasteiger partial charge in [0, 0.05) is 17.7 Å². The molecule has 2 atom stereocenters. The highest BCUT2D eigenvalue weighted by molar-refractivity contribution is 6.30. The van der Waals surface area contributed by atoms with Crippen molar-refractivity contribution >= 4 is 11.6 Å². The van der Waals surface area contributed by atoms with Crippen LogP contribution in [-0.2, 0) is 10.3 Å². The molecule has 0 aliphatic heterocycles. The van der Waals surface area contributed by atoms with Crippen molar-refractivity contribution in [1.29, 1.82) is 0 Å². The minimum Gasteiger partial charge on any atom is -0.383 e. The Kier molecular flexibility index (Phi) is 3.71. The third kappa shape index (κ3) is 2.48. The van der Waals surface area contributed by atoms with Crippen LogP contribution in [0.1, 0.15) is 19.4 Å². The zero-order valence-corrected chi connectivity index (χ0v) is 9.68. The number of hydrogen-bond donors (Lipinski definition) is 1. The summed E-state index contributed by atoms with van der Waals surface area (Å²) in [4.78, 5) is 0. The summed E-state index contributed by atoms with van der Waals surface area (Å²) in [7, 11) is 1.47. The van der Waals surface area contributed by atoms with E-state index < -0.39 is 17.5 Å². The molecule has 0 radical (unpaired) electrons. The molecule has 1 aromatic rings. The minimum absolute atomic E-state index is 0.182. The molecule has 0 spiro atoms. The number of ether oxygens (including phenoxy) is 1. The molecule has 0 saturated carbocycles. The van der Waals surface area contributed by atoms with Gasteiger partial charge < -0.3 is 9.84 Å². The van der Waals surface area contributed by atoms with Crippen molar-refractivity contribution in [2.24, 2.45) is 0 Å². The van der Waals surface area contributed by atoms with E-state index in [4.69, 9.17) is 16.3 Å². The van der Waals surface area contributed by atoms with Gasteiger partial charge in [0.2, 0.25) is 0 Å². The molecule has 1 rings (SSSR count). The Bertz CT molecular complexity index is 352. The van der Waals surface area contributed by atoms with Crippen molar-refractivity contribution in [1.82, 2.24) is 0 Å². The van der Waals surface area contributed by atoms with Gasteiger partial charge in [-0.05, 0) is 26.0 Å². The number of rotatable bonds is 3. The fourth-order valence-electron chi connectivity index (χ4n) is 1.35. The topological polar surface area (TPSA) is 29.5 Å². The average Bonchev–Trinajstić information content (AvgIpc) is 2.15. The summed E-state index contributed by atoms with van der Waals surface area (Å²) in [6, 6.07) is 4.18. The van der Waals surface area contributed by atoms with Gasteiger partial charge >= 0.3 is 0 Å². The molecule has 0 aliphatic carbocycles. The van der Waals surface area contributed by atoms with Gasteiger partial charge in [0.25, 0.3) is 0 Å². The van der Waals surface area contributed by atoms with Crippen molar-refractivity contribution in [3.63, 3.8) is 0 Å². The molecule has 84 valence electrons. The maximum absolute atomic E-state index is 13.5. The van der Waals surface area contributed by atoms with Crippen LogP contribution in [0, 0.1) is 5.82 Å². The third-order valence-corrected chi connectivity index (χ3v) is 2.86. The zero-order chi connectivity index (χ0) is 11.6. The van der Waals surface area contributed by atoms with Gasteiger partial charge in [-0.25, -0.2) is 4.39 Å². The van der Waals surface area contributed by atoms with Gasteiger partial charge in [-0.3, -0.25) is 0 Å². The minimum atomic E-state index is -1.37. The first kappa shape index (κ1) is 12.4. The second-order valence-corrected chi connectivity index (χ2v) is 4.09. The maximum atomic E-state index is 13.5. The largest absolute Gasteiger partial charge is 0.383 e. The van der Waals surface area contributed by atoms with Gasteiger partial charge in [0.15, 0.2) is 0 Å². The van der Waals surface area contributed by atoms with Gasteiger partial charge in [-0.15, -0.1) is 0 Å². The van der Waals surface area contributed by atoms with Crippen LogP contribution in [0.25, 0.3) is 0 Å². The van der Waals surface area contributed by atoms with Crippen LogP contribution in [0.3, 0.4) is 0 Å². The quantitative estimate of drug-likeness (QED) is 0.869. The Morgan fingerprint density at radius 3 is 2.60 bits per heavy atom. The van der Waals surface area contributed by atoms with Crippen LogP contribution in [0.15, 0.2) is 18.2 Å². The van der Waals surface area contributed by atoms with E-state index in [2.05, 4.69) is 0 Å². The summed E-state index contributed by atoms with van der Waals surface area (Å²) < 4.78 is 18.5. The van der Waals surface area contributed by atoms with E-state index in [-0.39, 0.29) is 5.56 Å². The highest BCUT2D eigenvalue weighted by Crippen LogP contribution is 2.29. The van der Waals surface area contributed by atoms with Crippen molar-refractivity contribution in [3.05, 3.63) is 34.6 Å². The van der Waals surface area contributed by atoms with E-state index in [1.165, 1.54) is 32.2 Å². The van der Waals surface area contributed by atoms with E-state index in [9.17, 15) is 9.50 Å². The number of halogens is 2. The molecule has 1 N–H and O–H groups in total. The van der Waals surface area contributed by atoms with Crippen LogP contribution in [-0.4, -0.2) is 18.3 Å². The van der Waals surface area contributed by atoms with Crippen LogP contribution >= 0.6 is 11.6 Å². The van der Waals surface area contributed by atoms with E-state index in [1.54, 1.807) is 6.92 Å². The standard InChI is InChI=1S/C11H14ClFO2/c1-7(15-3)11(2,14)9-5-4-8(12)6-10(9)13/h4-7,14H,1-3H3. The monoisotopic (exact) mass is 232 g/mol. The molecule has 0 aliphatic rings. The molecular formula is C11H14ClFO2. The fourth-order valence-corrected chi connectivity index (χ4v) is 1.51. The molecule has 0 saturated heterocycles. The van der Waals surface area contributed by atoms with Crippen molar-refractivity contribution in [2.75, 3.05) is 7.11 Å². The molecule has 2 unspecified atom stereocenters. The van der Waals surface area contributed by atoms with E-state index in [0.717, 1.165) is 0 Å². The molecule has 1 aromatic carbocycles. The summed E-state index contributed by atoms with van der Waals surface area (Å²) in [5.41, 5.74) is -1.19. The van der Waals surface area contributed by atoms with E-state index >= 15 is 0 Å². The Morgan fingerprint density at radius 2 is 2.13 bits per heavy atom. The smallest absolute Gasteiger partial charge is 0.130 e. The van der Waals surface area contributed by atoms with E-state index in [1.807, 2.05) is 0 Å². The predicted molar refractivity (Wildman–Crippen MR) is 57.5 cm³/mol. The second-order valence-electron chi connectivity index (χ2n) is 3.65. The third-order valence-electron chi connectivity index (χ3n) is 2.62. The molecule has 0 bridgehead atoms. The molecule has 0 heterocycles. The van der Waals surface area contributed by atoms with E-state index in [0.29, 0.717) is 5.02 Å². The van der Waals surface area contributed by atoms with Crippen molar-refractivity contribution in [2.45, 2.75) is 25.6 Å². The lowest BCUT2D eigenvalue weighted by Crippen LogP contribution is -2.36. The average molecular weight is 233 g/mol. The summed E-state index contributed by atoms with van der Waals surface area (Å²) in [6.45, 7) is 3.18. The van der Waals surface area contributed by atoms with Gasteiger partial charge in [0.05, 0.1) is 6.10 Å². The first-order valence-corrected chi connectivity index (χ1v) is 4.98. The van der Waals surface area contributed by atoms with Crippen LogP contribution in [0.5, 0.6) is 0 Å². The molecule has 0 aromatic heterocycles. The molecule has 15 heavy (non-hydrogen) atoms. The predicted octanol–water partition coefficient (Wildman–Crippen LogP) is 2.72. The van der Waals surface area contributed by atoms with Crippen LogP contribution in [0.2, 0.25) is 5.02 Å². The van der Waals surface area contributed by atoms with Gasteiger partial charge in [-0.2, -0.15) is 0 Å². The normalized spacial score (nSPS) is 17.2. The molecule has 0 fully saturated rings. The first-order chi connectivity index (χ1) is 6.89. The summed E-state index contributed by atoms with van der Waals surface area (Å²) in [6.07, 6.45) is -0.506. The number of hydrogen-bond acceptors (Lipinski definition) is 2. The number of methoxy groups -OCH3 is 1. The molecule has 4 heteroatoms. The summed E-state index contributed by atoms with van der Waals surface area (Å²) >= 11 is 5.63. The first-order valence-electron chi connectivity index (χ1n) is 4.60. The van der Waals surface area contributed by atoms with Crippen LogP contribution in [0.4, 0.5) is 4.39 Å². The van der Waals surface area contributed by atoms with Crippen LogP contribution < -0.4 is 0 Å². The maximum Gasteiger partial charge on any atom is 0.130 e. The lowest BCUT2D eigenvalue weighted by atomic mass is 9.90. The SMILES string of the molecule is COC(C)C(C)(O)c1ccc(Cl)cc1F. The zero-order valence-electron chi connectivity index (χ0n) is 8.92. The van der Waals surface area contributed by atoms with Gasteiger partial charge in [0.1, 0.15) is 11.4 Å². The fraction of sp³-hybridized carbons (Fsp3) is 0.455. The lowest BCUT2D eigenvalue weighted by Gasteiger charge is -2.29. The Morgan fingerprint density at radius 1 is 1.53 bits per heavy atom. The highest BCUT2D eigenvalue weighted by Gasteiger charge is 2.33. The molecular weight excluding hydrogens is 219 g/mol. The summed E-state index contributed by atoms with van der Waals surface area (Å²) in [5.74, 6) is -0.531. The van der Waals surface area contributed by atoms with Crippen molar-refractivity contribution in [3.8, 4) is 0 Å². The van der Waals surface area contributed by atoms with Gasteiger partial charge in [-0.1, -0.05) is 17.7 Å². The molecule has 2 nitrogen and oxygen atoms in total. The number of aliphatic hydroxyl groups is 1. The second kappa shape index (κ2) is 4.47. The Labute approximate surface area is 93.6 Å². The summed E-state index contributed by atoms with van der Waals surface area (Å²) in [5, 5.41) is 10.4. The Balaban J connectivity index is 3.15. The number of benzene rings is 1. The molecule has 0 amide bonds. The van der Waals surface area contributed by atoms with Crippen molar-refractivity contribution < 1.29 is 14.2 Å². The highest BCUT2D eigenvalue weighted by atomic mass is 35.5. The lowest BCUT2D eigenvalue weighted by molar-refractivity contribution is -0.0790.